The number of carbonyl (C=O) groups excluding carboxylic acids is 1. The topological polar surface area (TPSA) is 67.6 Å². The zero-order valence-electron chi connectivity index (χ0n) is 11.6. The third-order valence-electron chi connectivity index (χ3n) is 3.54. The molecule has 0 radical (unpaired) electrons. The Bertz CT molecular complexity index is 602. The summed E-state index contributed by atoms with van der Waals surface area (Å²) in [6.45, 7) is 0.270. The van der Waals surface area contributed by atoms with Crippen LogP contribution in [-0.2, 0) is 11.0 Å². The molecular formula is C14H14F3N3O2. The number of amides is 1. The van der Waals surface area contributed by atoms with Crippen molar-refractivity contribution >= 4 is 11.6 Å². The SMILES string of the molecule is N#Cc1ccc(C(F)(F)F)c(N2CCN(C(=O)CO)CC2)c1. The molecule has 0 spiro atoms. The van der Waals surface area contributed by atoms with Crippen LogP contribution < -0.4 is 4.90 Å². The molecule has 1 aromatic carbocycles. The maximum absolute atomic E-state index is 13.1. The quantitative estimate of drug-likeness (QED) is 0.891. The van der Waals surface area contributed by atoms with Crippen molar-refractivity contribution in [2.45, 2.75) is 6.18 Å². The molecule has 0 bridgehead atoms. The largest absolute Gasteiger partial charge is 0.418 e. The van der Waals surface area contributed by atoms with Gasteiger partial charge in [0.05, 0.1) is 22.9 Å². The Labute approximate surface area is 125 Å². The molecule has 0 unspecified atom stereocenters. The van der Waals surface area contributed by atoms with E-state index in [4.69, 9.17) is 10.4 Å². The molecule has 0 aliphatic carbocycles. The standard InChI is InChI=1S/C14H14F3N3O2/c15-14(16,17)11-2-1-10(8-18)7-12(11)19-3-5-20(6-4-19)13(22)9-21/h1-2,7,21H,3-6,9H2. The van der Waals surface area contributed by atoms with E-state index in [1.54, 1.807) is 0 Å². The van der Waals surface area contributed by atoms with Gasteiger partial charge in [0.25, 0.3) is 0 Å². The highest BCUT2D eigenvalue weighted by Gasteiger charge is 2.35. The van der Waals surface area contributed by atoms with Crippen molar-refractivity contribution in [3.05, 3.63) is 29.3 Å². The number of alkyl halides is 3. The first-order chi connectivity index (χ1) is 10.4. The molecule has 0 atom stereocenters. The number of rotatable bonds is 2. The van der Waals surface area contributed by atoms with Gasteiger partial charge in [-0.15, -0.1) is 0 Å². The average molecular weight is 313 g/mol. The third-order valence-corrected chi connectivity index (χ3v) is 3.54. The molecule has 1 N–H and O–H groups in total. The number of nitrogens with zero attached hydrogens (tertiary/aromatic N) is 3. The molecule has 1 amide bonds. The minimum absolute atomic E-state index is 0.0531. The van der Waals surface area contributed by atoms with Gasteiger partial charge in [-0.1, -0.05) is 0 Å². The minimum Gasteiger partial charge on any atom is -0.387 e. The van der Waals surface area contributed by atoms with Gasteiger partial charge in [-0.05, 0) is 18.2 Å². The zero-order chi connectivity index (χ0) is 16.3. The number of aliphatic hydroxyl groups excluding tert-OH is 1. The highest BCUT2D eigenvalue weighted by molar-refractivity contribution is 5.77. The summed E-state index contributed by atoms with van der Waals surface area (Å²) in [6.07, 6.45) is -4.51. The Morgan fingerprint density at radius 2 is 1.91 bits per heavy atom. The van der Waals surface area contributed by atoms with E-state index < -0.39 is 24.3 Å². The van der Waals surface area contributed by atoms with Gasteiger partial charge in [0.1, 0.15) is 6.61 Å². The first-order valence-electron chi connectivity index (χ1n) is 6.61. The fourth-order valence-corrected chi connectivity index (χ4v) is 2.40. The average Bonchev–Trinajstić information content (AvgIpc) is 2.52. The van der Waals surface area contributed by atoms with Gasteiger partial charge in [-0.2, -0.15) is 18.4 Å². The fourth-order valence-electron chi connectivity index (χ4n) is 2.40. The summed E-state index contributed by atoms with van der Waals surface area (Å²) in [5.41, 5.74) is -0.701. The maximum atomic E-state index is 13.1. The van der Waals surface area contributed by atoms with Gasteiger partial charge in [0.2, 0.25) is 5.91 Å². The summed E-state index contributed by atoms with van der Waals surface area (Å²) in [4.78, 5) is 14.3. The lowest BCUT2D eigenvalue weighted by Crippen LogP contribution is -2.50. The maximum Gasteiger partial charge on any atom is 0.418 e. The molecule has 1 saturated heterocycles. The zero-order valence-corrected chi connectivity index (χ0v) is 11.6. The van der Waals surface area contributed by atoms with Crippen LogP contribution in [0, 0.1) is 11.3 Å². The van der Waals surface area contributed by atoms with Crippen LogP contribution in [0.3, 0.4) is 0 Å². The molecule has 22 heavy (non-hydrogen) atoms. The van der Waals surface area contributed by atoms with Crippen LogP contribution >= 0.6 is 0 Å². The lowest BCUT2D eigenvalue weighted by molar-refractivity contribution is -0.137. The molecule has 8 heteroatoms. The second kappa shape index (κ2) is 6.23. The second-order valence-corrected chi connectivity index (χ2v) is 4.87. The van der Waals surface area contributed by atoms with E-state index >= 15 is 0 Å². The smallest absolute Gasteiger partial charge is 0.387 e. The van der Waals surface area contributed by atoms with Crippen molar-refractivity contribution in [2.24, 2.45) is 0 Å². The van der Waals surface area contributed by atoms with Crippen molar-refractivity contribution < 1.29 is 23.1 Å². The lowest BCUT2D eigenvalue weighted by atomic mass is 10.1. The highest BCUT2D eigenvalue weighted by atomic mass is 19.4. The number of aliphatic hydroxyl groups is 1. The van der Waals surface area contributed by atoms with E-state index in [-0.39, 0.29) is 37.4 Å². The van der Waals surface area contributed by atoms with Crippen molar-refractivity contribution in [1.82, 2.24) is 4.90 Å². The number of hydrogen-bond donors (Lipinski definition) is 1. The van der Waals surface area contributed by atoms with Gasteiger partial charge >= 0.3 is 6.18 Å². The van der Waals surface area contributed by atoms with E-state index in [0.29, 0.717) is 0 Å². The molecule has 5 nitrogen and oxygen atoms in total. The van der Waals surface area contributed by atoms with Crippen molar-refractivity contribution in [2.75, 3.05) is 37.7 Å². The molecule has 1 heterocycles. The van der Waals surface area contributed by atoms with Gasteiger partial charge < -0.3 is 14.9 Å². The predicted octanol–water partition coefficient (Wildman–Crippen LogP) is 1.22. The lowest BCUT2D eigenvalue weighted by Gasteiger charge is -2.37. The summed E-state index contributed by atoms with van der Waals surface area (Å²) in [6, 6.07) is 5.08. The van der Waals surface area contributed by atoms with E-state index in [1.807, 2.05) is 6.07 Å². The molecule has 1 aliphatic heterocycles. The first kappa shape index (κ1) is 16.1. The number of piperazine rings is 1. The van der Waals surface area contributed by atoms with E-state index in [9.17, 15) is 18.0 Å². The molecule has 2 rings (SSSR count). The van der Waals surface area contributed by atoms with Crippen LogP contribution in [0.25, 0.3) is 0 Å². The summed E-state index contributed by atoms with van der Waals surface area (Å²) in [5.74, 6) is -0.443. The number of nitriles is 1. The molecular weight excluding hydrogens is 299 g/mol. The number of benzene rings is 1. The van der Waals surface area contributed by atoms with Crippen LogP contribution in [0.2, 0.25) is 0 Å². The van der Waals surface area contributed by atoms with Crippen LogP contribution in [0.4, 0.5) is 18.9 Å². The van der Waals surface area contributed by atoms with Crippen LogP contribution in [0.15, 0.2) is 18.2 Å². The molecule has 1 aromatic rings. The molecule has 118 valence electrons. The number of halogens is 3. The number of anilines is 1. The Balaban J connectivity index is 2.26. The van der Waals surface area contributed by atoms with Crippen LogP contribution in [0.1, 0.15) is 11.1 Å². The van der Waals surface area contributed by atoms with Crippen molar-refractivity contribution in [3.8, 4) is 6.07 Å². The Morgan fingerprint density at radius 1 is 1.27 bits per heavy atom. The van der Waals surface area contributed by atoms with E-state index in [0.717, 1.165) is 12.1 Å². The number of carbonyl (C=O) groups is 1. The molecule has 0 saturated carbocycles. The van der Waals surface area contributed by atoms with E-state index in [1.165, 1.54) is 15.9 Å². The van der Waals surface area contributed by atoms with E-state index in [2.05, 4.69) is 0 Å². The molecule has 0 aromatic heterocycles. The van der Waals surface area contributed by atoms with Crippen LogP contribution in [0.5, 0.6) is 0 Å². The van der Waals surface area contributed by atoms with Crippen molar-refractivity contribution in [1.29, 1.82) is 5.26 Å². The Hall–Kier alpha value is -2.27. The Kier molecular flexibility index (Phi) is 4.56. The van der Waals surface area contributed by atoms with Gasteiger partial charge in [0, 0.05) is 26.2 Å². The van der Waals surface area contributed by atoms with Gasteiger partial charge in [0.15, 0.2) is 0 Å². The Morgan fingerprint density at radius 3 is 2.41 bits per heavy atom. The summed E-state index contributed by atoms with van der Waals surface area (Å²) in [5, 5.41) is 17.7. The van der Waals surface area contributed by atoms with Crippen molar-refractivity contribution in [3.63, 3.8) is 0 Å². The minimum atomic E-state index is -4.51. The molecule has 1 aliphatic rings. The summed E-state index contributed by atoms with van der Waals surface area (Å²) < 4.78 is 39.3. The summed E-state index contributed by atoms with van der Waals surface area (Å²) >= 11 is 0. The van der Waals surface area contributed by atoms with Gasteiger partial charge in [-0.3, -0.25) is 4.79 Å². The molecule has 1 fully saturated rings. The first-order valence-corrected chi connectivity index (χ1v) is 6.61. The predicted molar refractivity (Wildman–Crippen MR) is 72.0 cm³/mol. The van der Waals surface area contributed by atoms with Crippen LogP contribution in [-0.4, -0.2) is 48.7 Å². The monoisotopic (exact) mass is 313 g/mol. The number of hydrogen-bond acceptors (Lipinski definition) is 4. The normalized spacial score (nSPS) is 15.6. The highest BCUT2D eigenvalue weighted by Crippen LogP contribution is 2.37. The summed E-state index contributed by atoms with van der Waals surface area (Å²) in [7, 11) is 0. The van der Waals surface area contributed by atoms with Gasteiger partial charge in [-0.25, -0.2) is 0 Å². The second-order valence-electron chi connectivity index (χ2n) is 4.87. The fraction of sp³-hybridized carbons (Fsp3) is 0.429. The third kappa shape index (κ3) is 3.31.